The molecule has 0 fully saturated rings. The number of carbonyl (C=O) groups is 2. The minimum absolute atomic E-state index is 0.356. The average Bonchev–Trinajstić information content (AvgIpc) is 3.10. The number of hydrogen-bond acceptors (Lipinski definition) is 9. The van der Waals surface area contributed by atoms with E-state index in [0.29, 0.717) is 10.3 Å². The van der Waals surface area contributed by atoms with Crippen LogP contribution in [0, 0.1) is 20.2 Å². The Kier molecular flexibility index (Phi) is 6.52. The molecule has 0 aliphatic heterocycles. The van der Waals surface area contributed by atoms with Crippen LogP contribution in [0.5, 0.6) is 11.8 Å². The number of carbonyl (C=O) groups excluding carboxylic acids is 2. The third kappa shape index (κ3) is 5.41. The summed E-state index contributed by atoms with van der Waals surface area (Å²) in [4.78, 5) is 50.6. The molecule has 33 heavy (non-hydrogen) atoms. The highest BCUT2D eigenvalue weighted by Gasteiger charge is 2.25. The lowest BCUT2D eigenvalue weighted by Crippen LogP contribution is -2.32. The molecule has 1 amide bonds. The fourth-order valence-electron chi connectivity index (χ4n) is 2.92. The quantitative estimate of drug-likeness (QED) is 0.337. The van der Waals surface area contributed by atoms with Gasteiger partial charge in [0.15, 0.2) is 0 Å². The lowest BCUT2D eigenvalue weighted by Gasteiger charge is -2.19. The molecule has 1 aromatic heterocycles. The van der Waals surface area contributed by atoms with Crippen LogP contribution in [0.2, 0.25) is 0 Å². The fourth-order valence-corrected chi connectivity index (χ4v) is 2.92. The second-order valence-electron chi connectivity index (χ2n) is 6.70. The van der Waals surface area contributed by atoms with Gasteiger partial charge in [0.05, 0.1) is 33.9 Å². The largest absolute Gasteiger partial charge is 0.492 e. The maximum Gasteiger partial charge on any atom is 0.335 e. The molecule has 0 saturated heterocycles. The SMILES string of the molecule is O=C(CC(NC(=O)c1cc([N+](=O)[O-])cc([N+](=O)[O-])c1)c1ccccc1)On1c(O)ccc1O. The van der Waals surface area contributed by atoms with Crippen molar-refractivity contribution < 1.29 is 34.5 Å². The van der Waals surface area contributed by atoms with Crippen molar-refractivity contribution >= 4 is 23.3 Å². The molecule has 1 heterocycles. The van der Waals surface area contributed by atoms with Crippen molar-refractivity contribution in [3.63, 3.8) is 0 Å². The van der Waals surface area contributed by atoms with E-state index < -0.39 is 57.3 Å². The molecule has 0 bridgehead atoms. The van der Waals surface area contributed by atoms with Gasteiger partial charge in [0, 0.05) is 24.3 Å². The van der Waals surface area contributed by atoms with Gasteiger partial charge in [-0.15, -0.1) is 4.73 Å². The first-order valence-electron chi connectivity index (χ1n) is 9.26. The fraction of sp³-hybridized carbons (Fsp3) is 0.100. The predicted octanol–water partition coefficient (Wildman–Crippen LogP) is 2.23. The molecule has 2 aromatic carbocycles. The molecule has 0 radical (unpaired) electrons. The number of nitrogens with zero attached hydrogens (tertiary/aromatic N) is 3. The number of aromatic hydroxyl groups is 2. The molecule has 170 valence electrons. The van der Waals surface area contributed by atoms with Crippen molar-refractivity contribution in [2.24, 2.45) is 0 Å². The predicted molar refractivity (Wildman–Crippen MR) is 110 cm³/mol. The average molecular weight is 456 g/mol. The molecule has 3 rings (SSSR count). The number of benzene rings is 2. The lowest BCUT2D eigenvalue weighted by molar-refractivity contribution is -0.394. The van der Waals surface area contributed by atoms with Gasteiger partial charge in [0.2, 0.25) is 11.8 Å². The third-order valence-corrected chi connectivity index (χ3v) is 4.46. The third-order valence-electron chi connectivity index (χ3n) is 4.46. The van der Waals surface area contributed by atoms with Crippen LogP contribution in [0.15, 0.2) is 60.7 Å². The van der Waals surface area contributed by atoms with Gasteiger partial charge in [-0.25, -0.2) is 4.79 Å². The smallest absolute Gasteiger partial charge is 0.335 e. The van der Waals surface area contributed by atoms with Crippen molar-refractivity contribution in [3.8, 4) is 11.8 Å². The van der Waals surface area contributed by atoms with Crippen molar-refractivity contribution in [1.82, 2.24) is 10.0 Å². The summed E-state index contributed by atoms with van der Waals surface area (Å²) in [6.07, 6.45) is -0.468. The topological polar surface area (TPSA) is 187 Å². The van der Waals surface area contributed by atoms with E-state index in [2.05, 4.69) is 5.32 Å². The summed E-state index contributed by atoms with van der Waals surface area (Å²) in [5.74, 6) is -2.93. The first kappa shape index (κ1) is 22.7. The molecule has 0 saturated carbocycles. The van der Waals surface area contributed by atoms with Crippen molar-refractivity contribution in [1.29, 1.82) is 0 Å². The molecule has 0 aliphatic rings. The molecule has 0 aliphatic carbocycles. The maximum atomic E-state index is 12.8. The molecule has 3 N–H and O–H groups in total. The molecule has 0 spiro atoms. The standard InChI is InChI=1S/C20H16N4O9/c25-17-6-7-18(26)22(17)33-19(27)11-16(12-4-2-1-3-5-12)21-20(28)13-8-14(23(29)30)10-15(9-13)24(31)32/h1-10,16,25-26H,11H2,(H,21,28). The van der Waals surface area contributed by atoms with E-state index in [1.165, 1.54) is 0 Å². The van der Waals surface area contributed by atoms with Crippen LogP contribution in [0.4, 0.5) is 11.4 Å². The Balaban J connectivity index is 1.87. The van der Waals surface area contributed by atoms with Gasteiger partial charge in [-0.2, -0.15) is 0 Å². The molecular formula is C20H16N4O9. The Bertz CT molecular complexity index is 1170. The van der Waals surface area contributed by atoms with Crippen LogP contribution < -0.4 is 10.2 Å². The van der Waals surface area contributed by atoms with Gasteiger partial charge < -0.3 is 20.4 Å². The summed E-state index contributed by atoms with van der Waals surface area (Å²) in [5.41, 5.74) is -1.19. The summed E-state index contributed by atoms with van der Waals surface area (Å²) >= 11 is 0. The Morgan fingerprint density at radius 1 is 0.939 bits per heavy atom. The summed E-state index contributed by atoms with van der Waals surface area (Å²) in [6.45, 7) is 0. The van der Waals surface area contributed by atoms with Crippen LogP contribution in [0.3, 0.4) is 0 Å². The number of nitrogens with one attached hydrogen (secondary N) is 1. The minimum Gasteiger partial charge on any atom is -0.492 e. The molecule has 1 atom stereocenters. The minimum atomic E-state index is -1.01. The Hall–Kier alpha value is -4.94. The van der Waals surface area contributed by atoms with Crippen LogP contribution in [0.1, 0.15) is 28.4 Å². The highest BCUT2D eigenvalue weighted by atomic mass is 16.7. The highest BCUT2D eigenvalue weighted by Crippen LogP contribution is 2.25. The first-order valence-corrected chi connectivity index (χ1v) is 9.26. The summed E-state index contributed by atoms with van der Waals surface area (Å²) in [5, 5.41) is 43.9. The molecule has 3 aromatic rings. The van der Waals surface area contributed by atoms with E-state index in [1.54, 1.807) is 30.3 Å². The lowest BCUT2D eigenvalue weighted by atomic mass is 10.0. The van der Waals surface area contributed by atoms with Crippen LogP contribution in [-0.4, -0.2) is 36.7 Å². The number of nitro benzene ring substituents is 2. The van der Waals surface area contributed by atoms with Gasteiger partial charge in [-0.05, 0) is 5.56 Å². The van der Waals surface area contributed by atoms with E-state index in [-0.39, 0.29) is 5.56 Å². The molecule has 1 unspecified atom stereocenters. The van der Waals surface area contributed by atoms with Crippen molar-refractivity contribution in [2.45, 2.75) is 12.5 Å². The van der Waals surface area contributed by atoms with Crippen LogP contribution >= 0.6 is 0 Å². The van der Waals surface area contributed by atoms with E-state index in [1.807, 2.05) is 0 Å². The number of hydrogen-bond donors (Lipinski definition) is 3. The molecule has 13 heteroatoms. The van der Waals surface area contributed by atoms with Crippen LogP contribution in [0.25, 0.3) is 0 Å². The van der Waals surface area contributed by atoms with Gasteiger partial charge in [0.1, 0.15) is 0 Å². The zero-order valence-electron chi connectivity index (χ0n) is 16.7. The summed E-state index contributed by atoms with van der Waals surface area (Å²) in [7, 11) is 0. The summed E-state index contributed by atoms with van der Waals surface area (Å²) in [6, 6.07) is 11.8. The molecule has 13 nitrogen and oxygen atoms in total. The van der Waals surface area contributed by atoms with Gasteiger partial charge in [0.25, 0.3) is 17.3 Å². The summed E-state index contributed by atoms with van der Waals surface area (Å²) < 4.78 is 0.482. The van der Waals surface area contributed by atoms with Crippen LogP contribution in [-0.2, 0) is 4.79 Å². The first-order chi connectivity index (χ1) is 15.7. The maximum absolute atomic E-state index is 12.8. The van der Waals surface area contributed by atoms with Gasteiger partial charge in [-0.1, -0.05) is 30.3 Å². The molecular weight excluding hydrogens is 440 g/mol. The normalized spacial score (nSPS) is 11.4. The zero-order chi connectivity index (χ0) is 24.1. The van der Waals surface area contributed by atoms with Crippen molar-refractivity contribution in [3.05, 3.63) is 92.0 Å². The number of non-ortho nitro benzene ring substituents is 2. The second kappa shape index (κ2) is 9.47. The van der Waals surface area contributed by atoms with E-state index in [9.17, 15) is 40.0 Å². The van der Waals surface area contributed by atoms with Gasteiger partial charge >= 0.3 is 5.97 Å². The monoisotopic (exact) mass is 456 g/mol. The second-order valence-corrected chi connectivity index (χ2v) is 6.70. The number of amides is 1. The highest BCUT2D eigenvalue weighted by molar-refractivity contribution is 5.96. The Morgan fingerprint density at radius 2 is 1.48 bits per heavy atom. The Labute approximate surface area is 184 Å². The van der Waals surface area contributed by atoms with E-state index >= 15 is 0 Å². The Morgan fingerprint density at radius 3 is 2.00 bits per heavy atom. The number of aromatic nitrogens is 1. The number of rotatable bonds is 8. The van der Waals surface area contributed by atoms with E-state index in [0.717, 1.165) is 30.3 Å². The zero-order valence-corrected chi connectivity index (χ0v) is 16.7. The van der Waals surface area contributed by atoms with Gasteiger partial charge in [-0.3, -0.25) is 25.0 Å². The number of nitro groups is 2. The van der Waals surface area contributed by atoms with Crippen molar-refractivity contribution in [2.75, 3.05) is 0 Å². The van der Waals surface area contributed by atoms with E-state index in [4.69, 9.17) is 4.84 Å².